The van der Waals surface area contributed by atoms with E-state index >= 15 is 0 Å². The maximum absolute atomic E-state index is 12.2. The van der Waals surface area contributed by atoms with Gasteiger partial charge in [0.2, 0.25) is 11.8 Å². The van der Waals surface area contributed by atoms with Crippen LogP contribution in [0, 0.1) is 6.92 Å². The number of carbonyl (C=O) groups excluding carboxylic acids is 2. The van der Waals surface area contributed by atoms with Gasteiger partial charge in [0.05, 0.1) is 17.3 Å². The minimum absolute atomic E-state index is 0.143. The number of fused-ring (bicyclic) bond motifs is 3. The van der Waals surface area contributed by atoms with E-state index in [1.54, 1.807) is 11.3 Å². The standard InChI is InChI=1S/C23H21ClN2O2S/c1-13-6-8-14(9-7-13)20-21-15-4-2-3-5-17(15)29-23(21)25-16(22(20)24)12-26-18(27)10-11-19(26)28/h6-9H,2-5,10-12H2,1H3. The largest absolute Gasteiger partial charge is 0.276 e. The van der Waals surface area contributed by atoms with Gasteiger partial charge >= 0.3 is 0 Å². The number of carbonyl (C=O) groups is 2. The molecule has 5 rings (SSSR count). The number of halogens is 1. The fourth-order valence-corrected chi connectivity index (χ4v) is 5.95. The van der Waals surface area contributed by atoms with E-state index in [-0.39, 0.29) is 31.2 Å². The van der Waals surface area contributed by atoms with Crippen LogP contribution in [0.25, 0.3) is 21.3 Å². The number of likely N-dealkylation sites (tertiary alicyclic amines) is 1. The van der Waals surface area contributed by atoms with Gasteiger partial charge in [0, 0.05) is 28.7 Å². The lowest BCUT2D eigenvalue weighted by Gasteiger charge is -2.18. The van der Waals surface area contributed by atoms with Crippen LogP contribution < -0.4 is 0 Å². The summed E-state index contributed by atoms with van der Waals surface area (Å²) in [6.45, 7) is 2.21. The summed E-state index contributed by atoms with van der Waals surface area (Å²) in [5.74, 6) is -0.286. The normalized spacial score (nSPS) is 16.7. The van der Waals surface area contributed by atoms with E-state index in [1.165, 1.54) is 33.7 Å². The molecule has 0 unspecified atom stereocenters. The monoisotopic (exact) mass is 424 g/mol. The summed E-state index contributed by atoms with van der Waals surface area (Å²) in [6.07, 6.45) is 5.07. The third-order valence-corrected chi connectivity index (χ3v) is 7.51. The minimum Gasteiger partial charge on any atom is -0.276 e. The zero-order valence-corrected chi connectivity index (χ0v) is 17.8. The molecule has 1 aromatic carbocycles. The fourth-order valence-electron chi connectivity index (χ4n) is 4.36. The molecule has 1 fully saturated rings. The topological polar surface area (TPSA) is 50.3 Å². The van der Waals surface area contributed by atoms with Gasteiger partial charge < -0.3 is 0 Å². The summed E-state index contributed by atoms with van der Waals surface area (Å²) in [5.41, 5.74) is 5.22. The fraction of sp³-hybridized carbons (Fsp3) is 0.348. The van der Waals surface area contributed by atoms with Crippen molar-refractivity contribution in [3.63, 3.8) is 0 Å². The summed E-state index contributed by atoms with van der Waals surface area (Å²) in [6, 6.07) is 8.37. The Bertz CT molecular complexity index is 1130. The quantitative estimate of drug-likeness (QED) is 0.525. The Morgan fingerprint density at radius 1 is 1.03 bits per heavy atom. The third-order valence-electron chi connectivity index (χ3n) is 5.92. The molecule has 3 aromatic rings. The van der Waals surface area contributed by atoms with Crippen LogP contribution >= 0.6 is 22.9 Å². The van der Waals surface area contributed by atoms with Crippen molar-refractivity contribution < 1.29 is 9.59 Å². The second-order valence-corrected chi connectivity index (χ2v) is 9.34. The Hall–Kier alpha value is -2.24. The van der Waals surface area contributed by atoms with Crippen LogP contribution in [0.5, 0.6) is 0 Å². The van der Waals surface area contributed by atoms with Gasteiger partial charge in [0.15, 0.2) is 0 Å². The van der Waals surface area contributed by atoms with Gasteiger partial charge in [-0.15, -0.1) is 11.3 Å². The highest BCUT2D eigenvalue weighted by atomic mass is 35.5. The number of thiophene rings is 1. The molecule has 0 bridgehead atoms. The average molecular weight is 425 g/mol. The summed E-state index contributed by atoms with van der Waals surface area (Å²) in [5, 5.41) is 1.71. The molecule has 3 heterocycles. The number of aryl methyl sites for hydroxylation is 3. The number of pyridine rings is 1. The van der Waals surface area contributed by atoms with Gasteiger partial charge in [-0.05, 0) is 43.7 Å². The van der Waals surface area contributed by atoms with Crippen molar-refractivity contribution in [3.05, 3.63) is 51.0 Å². The lowest BCUT2D eigenvalue weighted by Crippen LogP contribution is -2.29. The van der Waals surface area contributed by atoms with Gasteiger partial charge in [-0.2, -0.15) is 0 Å². The molecule has 148 valence electrons. The zero-order chi connectivity index (χ0) is 20.1. The summed E-state index contributed by atoms with van der Waals surface area (Å²) in [4.78, 5) is 32.8. The minimum atomic E-state index is -0.143. The highest BCUT2D eigenvalue weighted by molar-refractivity contribution is 7.19. The van der Waals surface area contributed by atoms with Gasteiger partial charge in [-0.25, -0.2) is 4.98 Å². The summed E-state index contributed by atoms with van der Waals surface area (Å²) < 4.78 is 0. The number of rotatable bonds is 3. The first kappa shape index (κ1) is 18.8. The predicted octanol–water partition coefficient (Wildman–Crippen LogP) is 5.45. The van der Waals surface area contributed by atoms with Gasteiger partial charge in [0.1, 0.15) is 4.83 Å². The maximum atomic E-state index is 12.2. The lowest BCUT2D eigenvalue weighted by molar-refractivity contribution is -0.139. The lowest BCUT2D eigenvalue weighted by atomic mass is 9.92. The number of hydrogen-bond donors (Lipinski definition) is 0. The molecule has 2 aromatic heterocycles. The molecule has 4 nitrogen and oxygen atoms in total. The van der Waals surface area contributed by atoms with Crippen molar-refractivity contribution in [2.75, 3.05) is 0 Å². The number of nitrogens with zero attached hydrogens (tertiary/aromatic N) is 2. The Morgan fingerprint density at radius 2 is 1.72 bits per heavy atom. The van der Waals surface area contributed by atoms with Crippen molar-refractivity contribution in [2.24, 2.45) is 0 Å². The van der Waals surface area contributed by atoms with Gasteiger partial charge in [-0.3, -0.25) is 14.5 Å². The van der Waals surface area contributed by atoms with Gasteiger partial charge in [0.25, 0.3) is 0 Å². The summed E-state index contributed by atoms with van der Waals surface area (Å²) in [7, 11) is 0. The average Bonchev–Trinajstić information content (AvgIpc) is 3.24. The molecule has 0 N–H and O–H groups in total. The maximum Gasteiger partial charge on any atom is 0.230 e. The summed E-state index contributed by atoms with van der Waals surface area (Å²) >= 11 is 8.66. The Labute approximate surface area is 178 Å². The highest BCUT2D eigenvalue weighted by Gasteiger charge is 2.31. The van der Waals surface area contributed by atoms with E-state index in [2.05, 4.69) is 31.2 Å². The van der Waals surface area contributed by atoms with Crippen molar-refractivity contribution in [1.82, 2.24) is 9.88 Å². The van der Waals surface area contributed by atoms with Crippen molar-refractivity contribution in [2.45, 2.75) is 52.0 Å². The number of amides is 2. The van der Waals surface area contributed by atoms with Crippen molar-refractivity contribution in [1.29, 1.82) is 0 Å². The second-order valence-electron chi connectivity index (χ2n) is 7.88. The van der Waals surface area contributed by atoms with Crippen LogP contribution in [0.15, 0.2) is 24.3 Å². The number of hydrogen-bond acceptors (Lipinski definition) is 4. The third kappa shape index (κ3) is 3.17. The van der Waals surface area contributed by atoms with Crippen molar-refractivity contribution >= 4 is 45.0 Å². The molecule has 29 heavy (non-hydrogen) atoms. The van der Waals surface area contributed by atoms with E-state index in [0.717, 1.165) is 34.2 Å². The number of benzene rings is 1. The molecule has 1 saturated heterocycles. The highest BCUT2D eigenvalue weighted by Crippen LogP contribution is 2.45. The number of aromatic nitrogens is 1. The Balaban J connectivity index is 1.73. The van der Waals surface area contributed by atoms with Crippen LogP contribution in [0.4, 0.5) is 0 Å². The molecule has 0 spiro atoms. The van der Waals surface area contributed by atoms with E-state index in [9.17, 15) is 9.59 Å². The van der Waals surface area contributed by atoms with E-state index in [1.807, 2.05) is 0 Å². The van der Waals surface area contributed by atoms with Gasteiger partial charge in [-0.1, -0.05) is 41.4 Å². The SMILES string of the molecule is Cc1ccc(-c2c(Cl)c(CN3C(=O)CCC3=O)nc3sc4c(c23)CCCC4)cc1. The molecular weight excluding hydrogens is 404 g/mol. The van der Waals surface area contributed by atoms with Crippen molar-refractivity contribution in [3.8, 4) is 11.1 Å². The Kier molecular flexibility index (Phi) is 4.67. The Morgan fingerprint density at radius 3 is 2.45 bits per heavy atom. The van der Waals surface area contributed by atoms with Crippen LogP contribution in [-0.2, 0) is 29.0 Å². The first-order chi connectivity index (χ1) is 14.0. The zero-order valence-electron chi connectivity index (χ0n) is 16.3. The van der Waals surface area contributed by atoms with E-state index in [0.29, 0.717) is 10.7 Å². The van der Waals surface area contributed by atoms with E-state index < -0.39 is 0 Å². The first-order valence-electron chi connectivity index (χ1n) is 10.1. The van der Waals surface area contributed by atoms with Crippen LogP contribution in [0.1, 0.15) is 47.4 Å². The smallest absolute Gasteiger partial charge is 0.230 e. The predicted molar refractivity (Wildman–Crippen MR) is 116 cm³/mol. The first-order valence-corrected chi connectivity index (χ1v) is 11.2. The molecule has 0 atom stereocenters. The molecule has 1 aliphatic carbocycles. The van der Waals surface area contributed by atoms with E-state index in [4.69, 9.17) is 16.6 Å². The molecule has 0 radical (unpaired) electrons. The molecule has 2 amide bonds. The molecule has 1 aliphatic heterocycles. The molecule has 6 heteroatoms. The van der Waals surface area contributed by atoms with Crippen LogP contribution in [0.2, 0.25) is 5.02 Å². The second kappa shape index (κ2) is 7.22. The van der Waals surface area contributed by atoms with Crippen LogP contribution in [-0.4, -0.2) is 21.7 Å². The van der Waals surface area contributed by atoms with Crippen LogP contribution in [0.3, 0.4) is 0 Å². The molecular formula is C23H21ClN2O2S. The number of imide groups is 1. The molecule has 2 aliphatic rings. The molecule has 0 saturated carbocycles.